The third kappa shape index (κ3) is 9.97. The third-order valence-electron chi connectivity index (χ3n) is 15.8. The van der Waals surface area contributed by atoms with Crippen LogP contribution in [0.2, 0.25) is 0 Å². The van der Waals surface area contributed by atoms with Crippen LogP contribution in [0.4, 0.5) is 11.4 Å². The molecule has 0 radical (unpaired) electrons. The van der Waals surface area contributed by atoms with Crippen LogP contribution in [0.5, 0.6) is 11.5 Å². The predicted molar refractivity (Wildman–Crippen MR) is 324 cm³/mol. The van der Waals surface area contributed by atoms with Gasteiger partial charge in [0.05, 0.1) is 23.4 Å². The molecule has 2 aromatic heterocycles. The maximum absolute atomic E-state index is 7.47. The Morgan fingerprint density at radius 2 is 1.08 bits per heavy atom. The van der Waals surface area contributed by atoms with Gasteiger partial charge in [-0.05, 0) is 127 Å². The van der Waals surface area contributed by atoms with Gasteiger partial charge in [-0.2, -0.15) is 0 Å². The molecule has 388 valence electrons. The highest BCUT2D eigenvalue weighted by molar-refractivity contribution is 6.12. The van der Waals surface area contributed by atoms with Crippen LogP contribution >= 0.6 is 0 Å². The van der Waals surface area contributed by atoms with Crippen molar-refractivity contribution >= 4 is 38.9 Å². The van der Waals surface area contributed by atoms with E-state index in [0.717, 1.165) is 45.2 Å². The summed E-state index contributed by atoms with van der Waals surface area (Å²) in [6.07, 6.45) is 4.38. The van der Waals surface area contributed by atoms with Crippen LogP contribution < -0.4 is 14.5 Å². The number of benzene rings is 7. The molecule has 0 bridgehead atoms. The number of ether oxygens (including phenoxy) is 1. The fourth-order valence-corrected chi connectivity index (χ4v) is 11.2. The highest BCUT2D eigenvalue weighted by atomic mass is 16.5. The summed E-state index contributed by atoms with van der Waals surface area (Å²) < 4.78 is 9.82. The van der Waals surface area contributed by atoms with E-state index in [-0.39, 0.29) is 16.2 Å². The Kier molecular flexibility index (Phi) is 13.5. The molecule has 0 saturated heterocycles. The largest absolute Gasteiger partial charge is 0.457 e. The van der Waals surface area contributed by atoms with Gasteiger partial charge < -0.3 is 14.5 Å². The van der Waals surface area contributed by atoms with Crippen molar-refractivity contribution in [2.45, 2.75) is 137 Å². The fraction of sp³-hybridized carbons (Fsp3) is 0.310. The Hall–Kier alpha value is -7.37. The van der Waals surface area contributed by atoms with Gasteiger partial charge >= 0.3 is 0 Å². The number of nitrogens with zero attached hydrogens (tertiary/aromatic N) is 4. The quantitative estimate of drug-likeness (QED) is 0.129. The monoisotopic (exact) mass is 1000 g/mol. The van der Waals surface area contributed by atoms with E-state index in [2.05, 4.69) is 288 Å². The molecule has 5 nitrogen and oxygen atoms in total. The average Bonchev–Trinajstić information content (AvgIpc) is 4.11. The minimum absolute atomic E-state index is 0.0339. The van der Waals surface area contributed by atoms with Crippen LogP contribution in [0.3, 0.4) is 0 Å². The molecule has 0 unspecified atom stereocenters. The molecule has 0 fully saturated rings. The molecular formula is C71H78N4O. The number of anilines is 2. The summed E-state index contributed by atoms with van der Waals surface area (Å²) in [4.78, 5) is 10.1. The van der Waals surface area contributed by atoms with Gasteiger partial charge in [-0.15, -0.1) is 0 Å². The summed E-state index contributed by atoms with van der Waals surface area (Å²) in [7, 11) is 0. The van der Waals surface area contributed by atoms with E-state index in [1.807, 2.05) is 6.20 Å². The SMILES string of the molecule is CC(C)c1cccc(C(C)C)c1C1=CN(c2cc(C(C)(C)C)cc(C(C)(C)C)c2)CN1c1cc(Oc2cc(C(C)(C)c3ccccc3)c3c4ccccc4n(-c4cc(C(C)(C)C)ccn4)c3c2)cc(-c2ccccc2)c1. The molecule has 9 aromatic rings. The van der Waals surface area contributed by atoms with Gasteiger partial charge in [-0.1, -0.05) is 207 Å². The Labute approximate surface area is 453 Å². The van der Waals surface area contributed by atoms with Crippen molar-refractivity contribution in [3.8, 4) is 28.4 Å². The number of pyridine rings is 1. The second kappa shape index (κ2) is 19.6. The van der Waals surface area contributed by atoms with Gasteiger partial charge in [0, 0.05) is 57.7 Å². The molecule has 0 saturated carbocycles. The predicted octanol–water partition coefficient (Wildman–Crippen LogP) is 19.4. The zero-order valence-electron chi connectivity index (χ0n) is 47.8. The lowest BCUT2D eigenvalue weighted by Gasteiger charge is -2.30. The summed E-state index contributed by atoms with van der Waals surface area (Å²) >= 11 is 0. The number of hydrogen-bond donors (Lipinski definition) is 0. The minimum atomic E-state index is -0.403. The summed E-state index contributed by atoms with van der Waals surface area (Å²) in [5, 5.41) is 2.38. The zero-order chi connectivity index (χ0) is 54.1. The molecule has 0 amide bonds. The van der Waals surface area contributed by atoms with E-state index < -0.39 is 5.41 Å². The maximum Gasteiger partial charge on any atom is 0.137 e. The van der Waals surface area contributed by atoms with E-state index in [1.165, 1.54) is 66.7 Å². The Balaban J connectivity index is 1.21. The summed E-state index contributed by atoms with van der Waals surface area (Å²) in [5.41, 5.74) is 17.6. The molecule has 1 aliphatic heterocycles. The maximum atomic E-state index is 7.47. The van der Waals surface area contributed by atoms with Gasteiger partial charge in [0.2, 0.25) is 0 Å². The van der Waals surface area contributed by atoms with E-state index in [9.17, 15) is 0 Å². The molecule has 0 atom stereocenters. The van der Waals surface area contributed by atoms with Gasteiger partial charge in [0.15, 0.2) is 0 Å². The molecule has 5 heteroatoms. The lowest BCUT2D eigenvalue weighted by Crippen LogP contribution is -2.28. The Morgan fingerprint density at radius 1 is 0.487 bits per heavy atom. The second-order valence-corrected chi connectivity index (χ2v) is 25.5. The first kappa shape index (κ1) is 52.1. The first-order valence-electron chi connectivity index (χ1n) is 27.5. The van der Waals surface area contributed by atoms with E-state index in [4.69, 9.17) is 9.72 Å². The lowest BCUT2D eigenvalue weighted by molar-refractivity contribution is 0.481. The topological polar surface area (TPSA) is 33.5 Å². The molecule has 1 aliphatic rings. The van der Waals surface area contributed by atoms with Crippen LogP contribution in [-0.2, 0) is 21.7 Å². The zero-order valence-corrected chi connectivity index (χ0v) is 47.8. The van der Waals surface area contributed by atoms with E-state index in [1.54, 1.807) is 0 Å². The Morgan fingerprint density at radius 3 is 1.70 bits per heavy atom. The van der Waals surface area contributed by atoms with Gasteiger partial charge in [-0.25, -0.2) is 4.98 Å². The van der Waals surface area contributed by atoms with Crippen molar-refractivity contribution in [1.82, 2.24) is 9.55 Å². The third-order valence-corrected chi connectivity index (χ3v) is 15.8. The molecule has 7 aromatic carbocycles. The molecule has 0 spiro atoms. The van der Waals surface area contributed by atoms with E-state index in [0.29, 0.717) is 18.5 Å². The fourth-order valence-electron chi connectivity index (χ4n) is 11.2. The van der Waals surface area contributed by atoms with Crippen molar-refractivity contribution in [2.24, 2.45) is 0 Å². The van der Waals surface area contributed by atoms with Crippen molar-refractivity contribution in [3.63, 3.8) is 0 Å². The van der Waals surface area contributed by atoms with Crippen LogP contribution in [0.25, 0.3) is 44.4 Å². The second-order valence-electron chi connectivity index (χ2n) is 25.5. The molecule has 10 rings (SSSR count). The number of hydrogen-bond acceptors (Lipinski definition) is 4. The van der Waals surface area contributed by atoms with Gasteiger partial charge in [0.25, 0.3) is 0 Å². The number of aromatic nitrogens is 2. The van der Waals surface area contributed by atoms with Crippen LogP contribution in [0, 0.1) is 0 Å². The Bertz CT molecular complexity index is 3570. The van der Waals surface area contributed by atoms with Crippen molar-refractivity contribution in [3.05, 3.63) is 221 Å². The van der Waals surface area contributed by atoms with Gasteiger partial charge in [0.1, 0.15) is 17.3 Å². The van der Waals surface area contributed by atoms with Crippen LogP contribution in [-0.4, -0.2) is 16.2 Å². The number of para-hydroxylation sites is 1. The van der Waals surface area contributed by atoms with Crippen molar-refractivity contribution in [2.75, 3.05) is 16.5 Å². The minimum Gasteiger partial charge on any atom is -0.457 e. The standard InChI is InChI=1S/C71H78N4O/c1-46(2)58-30-24-31-59(47(3)4)66(58)64-44-73(54-38-52(69(8,9)10)37-53(39-54)70(11,12)13)45-74(64)55-35-49(48-25-18-16-19-26-48)36-56(41-55)76-57-42-61(71(14,15)50-27-20-17-21-28-50)67-60-29-22-23-32-62(60)75(63(67)43-57)65-40-51(33-34-72-65)68(5,6)7/h16-44,46-47H,45H2,1-15H3. The number of rotatable bonds is 11. The first-order valence-corrected chi connectivity index (χ1v) is 27.5. The summed E-state index contributed by atoms with van der Waals surface area (Å²) in [5.74, 6) is 3.03. The van der Waals surface area contributed by atoms with Crippen molar-refractivity contribution < 1.29 is 4.74 Å². The smallest absolute Gasteiger partial charge is 0.137 e. The molecule has 0 N–H and O–H groups in total. The normalized spacial score (nSPS) is 13.7. The molecule has 76 heavy (non-hydrogen) atoms. The van der Waals surface area contributed by atoms with Crippen LogP contribution in [0.1, 0.15) is 160 Å². The van der Waals surface area contributed by atoms with Crippen LogP contribution in [0.15, 0.2) is 176 Å². The highest BCUT2D eigenvalue weighted by Gasteiger charge is 2.33. The summed E-state index contributed by atoms with van der Waals surface area (Å²) in [6.45, 7) is 35.3. The van der Waals surface area contributed by atoms with Gasteiger partial charge in [-0.3, -0.25) is 4.57 Å². The lowest BCUT2D eigenvalue weighted by atomic mass is 9.76. The first-order chi connectivity index (χ1) is 36.0. The molecule has 3 heterocycles. The summed E-state index contributed by atoms with van der Waals surface area (Å²) in [6, 6.07) is 60.4. The number of fused-ring (bicyclic) bond motifs is 3. The van der Waals surface area contributed by atoms with Crippen molar-refractivity contribution in [1.29, 1.82) is 0 Å². The van der Waals surface area contributed by atoms with E-state index >= 15 is 0 Å². The molecular weight excluding hydrogens is 925 g/mol. The average molecular weight is 1000 g/mol. The molecule has 0 aliphatic carbocycles. The highest BCUT2D eigenvalue weighted by Crippen LogP contribution is 2.47.